The van der Waals surface area contributed by atoms with Crippen LogP contribution in [0.25, 0.3) is 0 Å². The van der Waals surface area contributed by atoms with Gasteiger partial charge in [0.1, 0.15) is 0 Å². The Morgan fingerprint density at radius 1 is 1.04 bits per heavy atom. The summed E-state index contributed by atoms with van der Waals surface area (Å²) < 4.78 is 0. The van der Waals surface area contributed by atoms with Gasteiger partial charge in [-0.25, -0.2) is 0 Å². The van der Waals surface area contributed by atoms with Crippen molar-refractivity contribution in [2.45, 2.75) is 37.1 Å². The van der Waals surface area contributed by atoms with Crippen LogP contribution in [0.1, 0.15) is 35.4 Å². The monoisotopic (exact) mass is 356 g/mol. The average Bonchev–Trinajstić information content (AvgIpc) is 3.32. The molecule has 2 N–H and O–H groups in total. The second-order valence-electron chi connectivity index (χ2n) is 7.29. The first kappa shape index (κ1) is 18.0. The Bertz CT molecular complexity index is 758. The Hall–Kier alpha value is -1.84. The predicted octanol–water partition coefficient (Wildman–Crippen LogP) is 3.40. The van der Waals surface area contributed by atoms with E-state index < -0.39 is 0 Å². The first-order chi connectivity index (χ1) is 11.6. The lowest BCUT2D eigenvalue weighted by molar-refractivity contribution is -0.133. The molecule has 4 rings (SSSR count). The van der Waals surface area contributed by atoms with Gasteiger partial charge in [-0.15, -0.1) is 12.4 Å². The summed E-state index contributed by atoms with van der Waals surface area (Å²) in [4.78, 5) is 15.3. The topological polar surface area (TPSA) is 46.3 Å². The molecular formula is C21H25ClN2O. The van der Waals surface area contributed by atoms with Crippen molar-refractivity contribution in [3.63, 3.8) is 0 Å². The Kier molecular flexibility index (Phi) is 4.90. The zero-order valence-electron chi connectivity index (χ0n) is 14.5. The molecule has 0 spiro atoms. The molecule has 3 nitrogen and oxygen atoms in total. The first-order valence-electron chi connectivity index (χ1n) is 8.78. The largest absolute Gasteiger partial charge is 0.340 e. The molecule has 1 aliphatic heterocycles. The number of halogens is 1. The van der Waals surface area contributed by atoms with Gasteiger partial charge in [0.15, 0.2) is 0 Å². The molecule has 2 aromatic rings. The van der Waals surface area contributed by atoms with Crippen LogP contribution in [0.3, 0.4) is 0 Å². The number of aryl methyl sites for hydroxylation is 1. The van der Waals surface area contributed by atoms with Crippen molar-refractivity contribution in [1.29, 1.82) is 0 Å². The highest BCUT2D eigenvalue weighted by Crippen LogP contribution is 2.51. The molecule has 0 radical (unpaired) electrons. The number of amides is 1. The van der Waals surface area contributed by atoms with Crippen molar-refractivity contribution in [2.24, 2.45) is 5.73 Å². The van der Waals surface area contributed by atoms with Crippen molar-refractivity contribution in [3.8, 4) is 0 Å². The van der Waals surface area contributed by atoms with E-state index in [1.165, 1.54) is 16.7 Å². The number of rotatable bonds is 3. The molecule has 1 saturated carbocycles. The molecule has 25 heavy (non-hydrogen) atoms. The minimum absolute atomic E-state index is 0. The second-order valence-corrected chi connectivity index (χ2v) is 7.29. The van der Waals surface area contributed by atoms with Gasteiger partial charge in [-0.1, -0.05) is 54.6 Å². The number of hydrogen-bond donors (Lipinski definition) is 1. The fourth-order valence-electron chi connectivity index (χ4n) is 4.18. The maximum atomic E-state index is 13.3. The Labute approximate surface area is 155 Å². The number of nitrogens with zero attached hydrogens (tertiary/aromatic N) is 1. The third kappa shape index (κ3) is 3.07. The minimum Gasteiger partial charge on any atom is -0.340 e. The van der Waals surface area contributed by atoms with Crippen LogP contribution in [-0.2, 0) is 10.2 Å². The Balaban J connectivity index is 0.00000182. The summed E-state index contributed by atoms with van der Waals surface area (Å²) in [5.74, 6) is 0.508. The summed E-state index contributed by atoms with van der Waals surface area (Å²) in [5, 5.41) is 0. The minimum atomic E-state index is -0.295. The van der Waals surface area contributed by atoms with Crippen LogP contribution in [0.4, 0.5) is 0 Å². The fourth-order valence-corrected chi connectivity index (χ4v) is 4.18. The Morgan fingerprint density at radius 2 is 1.68 bits per heavy atom. The maximum absolute atomic E-state index is 13.3. The normalized spacial score (nSPS) is 23.8. The summed E-state index contributed by atoms with van der Waals surface area (Å²) in [7, 11) is 0. The summed E-state index contributed by atoms with van der Waals surface area (Å²) in [6, 6.07) is 18.7. The molecule has 2 aliphatic rings. The van der Waals surface area contributed by atoms with Crippen molar-refractivity contribution < 1.29 is 4.79 Å². The smallest absolute Gasteiger partial charge is 0.233 e. The van der Waals surface area contributed by atoms with E-state index in [1.54, 1.807) is 0 Å². The van der Waals surface area contributed by atoms with E-state index in [-0.39, 0.29) is 35.7 Å². The van der Waals surface area contributed by atoms with Crippen LogP contribution in [0, 0.1) is 6.92 Å². The summed E-state index contributed by atoms with van der Waals surface area (Å²) in [5.41, 5.74) is 9.73. The van der Waals surface area contributed by atoms with Crippen LogP contribution >= 0.6 is 12.4 Å². The van der Waals surface area contributed by atoms with E-state index in [9.17, 15) is 4.79 Å². The molecule has 0 unspecified atom stereocenters. The van der Waals surface area contributed by atoms with E-state index in [2.05, 4.69) is 31.2 Å². The van der Waals surface area contributed by atoms with Gasteiger partial charge in [-0.3, -0.25) is 4.79 Å². The molecule has 2 atom stereocenters. The number of carbonyl (C=O) groups is 1. The van der Waals surface area contributed by atoms with E-state index in [0.29, 0.717) is 6.54 Å². The summed E-state index contributed by atoms with van der Waals surface area (Å²) in [6.45, 7) is 3.49. The van der Waals surface area contributed by atoms with E-state index in [4.69, 9.17) is 5.73 Å². The van der Waals surface area contributed by atoms with Gasteiger partial charge in [0, 0.05) is 25.0 Å². The third-order valence-corrected chi connectivity index (χ3v) is 5.70. The lowest BCUT2D eigenvalue weighted by Gasteiger charge is -2.24. The van der Waals surface area contributed by atoms with Gasteiger partial charge < -0.3 is 10.6 Å². The molecular weight excluding hydrogens is 332 g/mol. The highest BCUT2D eigenvalue weighted by molar-refractivity contribution is 5.92. The van der Waals surface area contributed by atoms with Gasteiger partial charge in [-0.2, -0.15) is 0 Å². The lowest BCUT2D eigenvalue weighted by atomic mass is 9.90. The van der Waals surface area contributed by atoms with Crippen molar-refractivity contribution in [3.05, 3.63) is 71.3 Å². The van der Waals surface area contributed by atoms with Gasteiger partial charge in [0.25, 0.3) is 0 Å². The highest BCUT2D eigenvalue weighted by atomic mass is 35.5. The van der Waals surface area contributed by atoms with E-state index in [0.717, 1.165) is 19.4 Å². The molecule has 1 amide bonds. The average molecular weight is 357 g/mol. The molecule has 1 aliphatic carbocycles. The SMILES string of the molecule is Cc1ccccc1C1(C(=O)N2C[C@@H](N)[C@H](c3ccccc3)C2)CC1.Cl. The number of hydrogen-bond acceptors (Lipinski definition) is 2. The molecule has 132 valence electrons. The van der Waals surface area contributed by atoms with Gasteiger partial charge in [0.2, 0.25) is 5.91 Å². The molecule has 0 aromatic heterocycles. The van der Waals surface area contributed by atoms with E-state index >= 15 is 0 Å². The number of carbonyl (C=O) groups excluding carboxylic acids is 1. The van der Waals surface area contributed by atoms with Crippen LogP contribution in [0.5, 0.6) is 0 Å². The summed E-state index contributed by atoms with van der Waals surface area (Å²) in [6.07, 6.45) is 1.91. The van der Waals surface area contributed by atoms with E-state index in [1.807, 2.05) is 35.2 Å². The predicted molar refractivity (Wildman–Crippen MR) is 103 cm³/mol. The number of benzene rings is 2. The maximum Gasteiger partial charge on any atom is 0.233 e. The molecule has 2 aromatic carbocycles. The molecule has 2 fully saturated rings. The van der Waals surface area contributed by atoms with Gasteiger partial charge in [0.05, 0.1) is 5.41 Å². The van der Waals surface area contributed by atoms with Crippen LogP contribution in [-0.4, -0.2) is 29.9 Å². The Morgan fingerprint density at radius 3 is 2.32 bits per heavy atom. The van der Waals surface area contributed by atoms with Crippen LogP contribution in [0.2, 0.25) is 0 Å². The molecule has 1 heterocycles. The third-order valence-electron chi connectivity index (χ3n) is 5.70. The number of nitrogens with two attached hydrogens (primary N) is 1. The van der Waals surface area contributed by atoms with Crippen LogP contribution < -0.4 is 5.73 Å². The lowest BCUT2D eigenvalue weighted by Crippen LogP contribution is -2.39. The van der Waals surface area contributed by atoms with Crippen molar-refractivity contribution in [2.75, 3.05) is 13.1 Å². The second kappa shape index (κ2) is 6.81. The number of likely N-dealkylation sites (tertiary alicyclic amines) is 1. The summed E-state index contributed by atoms with van der Waals surface area (Å²) >= 11 is 0. The van der Waals surface area contributed by atoms with Crippen LogP contribution in [0.15, 0.2) is 54.6 Å². The molecule has 1 saturated heterocycles. The highest BCUT2D eigenvalue weighted by Gasteiger charge is 2.54. The van der Waals surface area contributed by atoms with Gasteiger partial charge in [-0.05, 0) is 36.5 Å². The standard InChI is InChI=1S/C21H24N2O.ClH/c1-15-7-5-6-10-18(15)21(11-12-21)20(24)23-13-17(19(22)14-23)16-8-3-2-4-9-16;/h2-10,17,19H,11-14,22H2,1H3;1H/t17-,19+;/m0./s1. The molecule has 4 heteroatoms. The van der Waals surface area contributed by atoms with Gasteiger partial charge >= 0.3 is 0 Å². The zero-order valence-corrected chi connectivity index (χ0v) is 15.3. The molecule has 0 bridgehead atoms. The fraction of sp³-hybridized carbons (Fsp3) is 0.381. The van der Waals surface area contributed by atoms with Crippen molar-refractivity contribution >= 4 is 18.3 Å². The zero-order chi connectivity index (χ0) is 16.7. The first-order valence-corrected chi connectivity index (χ1v) is 8.78. The van der Waals surface area contributed by atoms with Crippen molar-refractivity contribution in [1.82, 2.24) is 4.90 Å². The quantitative estimate of drug-likeness (QED) is 0.916.